The number of aryl methyl sites for hydroxylation is 1. The van der Waals surface area contributed by atoms with E-state index in [4.69, 9.17) is 5.11 Å². The summed E-state index contributed by atoms with van der Waals surface area (Å²) in [4.78, 5) is 35.0. The van der Waals surface area contributed by atoms with Crippen LogP contribution >= 0.6 is 0 Å². The first kappa shape index (κ1) is 16.7. The highest BCUT2D eigenvalue weighted by Gasteiger charge is 1.98. The molecule has 1 heterocycles. The summed E-state index contributed by atoms with van der Waals surface area (Å²) in [5.74, 6) is 4.49. The third kappa shape index (κ3) is 5.70. The van der Waals surface area contributed by atoms with Gasteiger partial charge in [0.15, 0.2) is 0 Å². The zero-order valence-electron chi connectivity index (χ0n) is 11.1. The number of rotatable bonds is 2. The van der Waals surface area contributed by atoms with Gasteiger partial charge < -0.3 is 15.0 Å². The van der Waals surface area contributed by atoms with Gasteiger partial charge >= 0.3 is 5.69 Å². The number of aromatic nitrogens is 2. The second-order valence-corrected chi connectivity index (χ2v) is 3.15. The van der Waals surface area contributed by atoms with E-state index < -0.39 is 23.8 Å². The Morgan fingerprint density at radius 3 is 2.68 bits per heavy atom. The predicted octanol–water partition coefficient (Wildman–Crippen LogP) is -1.44. The van der Waals surface area contributed by atoms with Gasteiger partial charge in [-0.2, -0.15) is 0 Å². The minimum atomic E-state index is -0.609. The van der Waals surface area contributed by atoms with Crippen LogP contribution in [0.1, 0.15) is 19.4 Å². The predicted molar refractivity (Wildman–Crippen MR) is 70.6 cm³/mol. The van der Waals surface area contributed by atoms with Gasteiger partial charge in [0, 0.05) is 13.2 Å². The van der Waals surface area contributed by atoms with E-state index in [1.54, 1.807) is 0 Å². The Kier molecular flexibility index (Phi) is 7.65. The Hall–Kier alpha value is -2.33. The summed E-state index contributed by atoms with van der Waals surface area (Å²) in [6.45, 7) is 3.41. The van der Waals surface area contributed by atoms with Crippen LogP contribution in [0, 0.1) is 11.8 Å². The smallest absolute Gasteiger partial charge is 0.328 e. The van der Waals surface area contributed by atoms with Crippen molar-refractivity contribution in [2.75, 3.05) is 13.2 Å². The molecule has 0 fully saturated rings. The quantitative estimate of drug-likeness (QED) is 0.571. The number of aliphatic hydroxyl groups excluding tert-OH is 1. The summed E-state index contributed by atoms with van der Waals surface area (Å²) < 4.78 is 1.19. The Morgan fingerprint density at radius 2 is 2.11 bits per heavy atom. The Balaban J connectivity index is 0.00000154. The minimum Gasteiger partial charge on any atom is -0.387 e. The molecule has 3 N–H and O–H groups in total. The van der Waals surface area contributed by atoms with Crippen LogP contribution in [0.25, 0.3) is 0 Å². The summed E-state index contributed by atoms with van der Waals surface area (Å²) >= 11 is 0. The molecule has 0 aliphatic rings. The molecule has 7 heteroatoms. The molecule has 1 rings (SSSR count). The lowest BCUT2D eigenvalue weighted by Gasteiger charge is -1.96. The molecule has 0 bridgehead atoms. The molecule has 104 valence electrons. The number of H-pyrrole nitrogens is 1. The maximum absolute atomic E-state index is 11.3. The summed E-state index contributed by atoms with van der Waals surface area (Å²) in [6.07, 6.45) is 1.31. The van der Waals surface area contributed by atoms with Gasteiger partial charge in [0.05, 0.1) is 6.54 Å². The molecule has 0 aliphatic heterocycles. The van der Waals surface area contributed by atoms with E-state index >= 15 is 0 Å². The number of nitrogens with zero attached hydrogens (tertiary/aromatic N) is 1. The van der Waals surface area contributed by atoms with Crippen LogP contribution in [-0.4, -0.2) is 33.7 Å². The van der Waals surface area contributed by atoms with E-state index in [-0.39, 0.29) is 12.1 Å². The summed E-state index contributed by atoms with van der Waals surface area (Å²) in [5, 5.41) is 10.7. The van der Waals surface area contributed by atoms with Crippen molar-refractivity contribution in [3.8, 4) is 11.8 Å². The topological polar surface area (TPSA) is 104 Å². The van der Waals surface area contributed by atoms with E-state index in [0.717, 1.165) is 0 Å². The fourth-order valence-electron chi connectivity index (χ4n) is 0.991. The van der Waals surface area contributed by atoms with E-state index in [1.165, 1.54) is 17.8 Å². The van der Waals surface area contributed by atoms with E-state index in [1.807, 2.05) is 13.8 Å². The van der Waals surface area contributed by atoms with Crippen molar-refractivity contribution in [2.45, 2.75) is 13.8 Å². The number of hydrogen-bond acceptors (Lipinski definition) is 4. The van der Waals surface area contributed by atoms with Gasteiger partial charge in [0.1, 0.15) is 12.2 Å². The monoisotopic (exact) mass is 267 g/mol. The van der Waals surface area contributed by atoms with Crippen LogP contribution in [0.5, 0.6) is 0 Å². The number of nitrogens with one attached hydrogen (secondary N) is 2. The van der Waals surface area contributed by atoms with Crippen molar-refractivity contribution >= 4 is 5.91 Å². The van der Waals surface area contributed by atoms with Crippen LogP contribution in [0.3, 0.4) is 0 Å². The van der Waals surface area contributed by atoms with E-state index in [9.17, 15) is 14.4 Å². The van der Waals surface area contributed by atoms with Crippen LogP contribution in [0.4, 0.5) is 0 Å². The molecule has 1 aromatic rings. The van der Waals surface area contributed by atoms with Gasteiger partial charge in [-0.05, 0) is 0 Å². The number of carbonyl (C=O) groups excluding carboxylic acids is 1. The van der Waals surface area contributed by atoms with Crippen molar-refractivity contribution in [1.82, 2.24) is 14.9 Å². The molecule has 0 spiro atoms. The second kappa shape index (κ2) is 8.72. The largest absolute Gasteiger partial charge is 0.387 e. The van der Waals surface area contributed by atoms with Crippen LogP contribution in [0.15, 0.2) is 15.8 Å². The molecular formula is C12H17N3O4. The zero-order valence-corrected chi connectivity index (χ0v) is 11.1. The fourth-order valence-corrected chi connectivity index (χ4v) is 0.991. The van der Waals surface area contributed by atoms with Gasteiger partial charge in [0.2, 0.25) is 5.91 Å². The van der Waals surface area contributed by atoms with Crippen LogP contribution < -0.4 is 16.6 Å². The molecule has 19 heavy (non-hydrogen) atoms. The van der Waals surface area contributed by atoms with Crippen molar-refractivity contribution in [1.29, 1.82) is 0 Å². The summed E-state index contributed by atoms with van der Waals surface area (Å²) in [6, 6.07) is 0. The van der Waals surface area contributed by atoms with Gasteiger partial charge in [0.25, 0.3) is 5.56 Å². The van der Waals surface area contributed by atoms with Crippen molar-refractivity contribution in [2.24, 2.45) is 7.05 Å². The molecule has 0 aliphatic carbocycles. The van der Waals surface area contributed by atoms with Crippen LogP contribution in [0.2, 0.25) is 0 Å². The SMILES string of the molecule is CC.Cn1cc(C#CCNC(=O)CO)c(=O)[nH]c1=O. The molecule has 0 aromatic carbocycles. The highest BCUT2D eigenvalue weighted by molar-refractivity contribution is 5.77. The van der Waals surface area contributed by atoms with Gasteiger partial charge in [-0.15, -0.1) is 0 Å². The molecule has 0 atom stereocenters. The highest BCUT2D eigenvalue weighted by Crippen LogP contribution is 1.81. The molecular weight excluding hydrogens is 250 g/mol. The molecule has 7 nitrogen and oxygen atoms in total. The average molecular weight is 267 g/mol. The minimum absolute atomic E-state index is 0.0155. The number of carbonyl (C=O) groups is 1. The first-order valence-corrected chi connectivity index (χ1v) is 5.71. The maximum atomic E-state index is 11.3. The lowest BCUT2D eigenvalue weighted by molar-refractivity contribution is -0.123. The summed E-state index contributed by atoms with van der Waals surface area (Å²) in [7, 11) is 1.48. The van der Waals surface area contributed by atoms with Crippen LogP contribution in [-0.2, 0) is 11.8 Å². The van der Waals surface area contributed by atoms with Crippen molar-refractivity contribution in [3.05, 3.63) is 32.6 Å². The maximum Gasteiger partial charge on any atom is 0.328 e. The second-order valence-electron chi connectivity index (χ2n) is 3.15. The number of aromatic amines is 1. The highest BCUT2D eigenvalue weighted by atomic mass is 16.3. The molecule has 1 aromatic heterocycles. The molecule has 1 amide bonds. The van der Waals surface area contributed by atoms with Gasteiger partial charge in [-0.25, -0.2) is 4.79 Å². The number of aliphatic hydroxyl groups is 1. The molecule has 0 saturated heterocycles. The molecule has 0 radical (unpaired) electrons. The summed E-state index contributed by atoms with van der Waals surface area (Å²) in [5.41, 5.74) is -0.964. The fraction of sp³-hybridized carbons (Fsp3) is 0.417. The molecule has 0 saturated carbocycles. The van der Waals surface area contributed by atoms with Crippen molar-refractivity contribution < 1.29 is 9.90 Å². The van der Waals surface area contributed by atoms with Crippen molar-refractivity contribution in [3.63, 3.8) is 0 Å². The lowest BCUT2D eigenvalue weighted by atomic mass is 10.3. The third-order valence-corrected chi connectivity index (χ3v) is 1.85. The number of hydrogen-bond donors (Lipinski definition) is 3. The Bertz CT molecular complexity index is 589. The molecule has 0 unspecified atom stereocenters. The Labute approximate surface area is 110 Å². The van der Waals surface area contributed by atoms with E-state index in [2.05, 4.69) is 22.1 Å². The standard InChI is InChI=1S/C10H11N3O4.C2H6/c1-13-5-7(9(16)12-10(13)17)3-2-4-11-8(15)6-14;1-2/h5,14H,4,6H2,1H3,(H,11,15)(H,12,16,17);1-2H3. The first-order valence-electron chi connectivity index (χ1n) is 5.71. The van der Waals surface area contributed by atoms with E-state index in [0.29, 0.717) is 0 Å². The average Bonchev–Trinajstić information content (AvgIpc) is 2.42. The van der Waals surface area contributed by atoms with Gasteiger partial charge in [-0.1, -0.05) is 25.7 Å². The Morgan fingerprint density at radius 1 is 1.47 bits per heavy atom. The lowest BCUT2D eigenvalue weighted by Crippen LogP contribution is -2.29. The normalized spacial score (nSPS) is 8.63. The van der Waals surface area contributed by atoms with Gasteiger partial charge in [-0.3, -0.25) is 14.6 Å². The first-order chi connectivity index (χ1) is 9.04. The third-order valence-electron chi connectivity index (χ3n) is 1.85. The zero-order chi connectivity index (χ0) is 14.8. The number of amides is 1.